The maximum Gasteiger partial charge on any atom is 0.176 e. The predicted molar refractivity (Wildman–Crippen MR) is 88.9 cm³/mol. The molecule has 0 aliphatic rings. The number of methoxy groups -OCH3 is 1. The minimum absolute atomic E-state index is 0.0586. The minimum atomic E-state index is -0.0586. The lowest BCUT2D eigenvalue weighted by Crippen LogP contribution is -2.06. The van der Waals surface area contributed by atoms with E-state index in [0.717, 1.165) is 33.5 Å². The van der Waals surface area contributed by atoms with Gasteiger partial charge in [0.15, 0.2) is 11.5 Å². The SMILES string of the molecule is COc1cc(CCN)cc(Br)c1OC(C)c1ccccc1. The molecule has 0 radical (unpaired) electrons. The van der Waals surface area contributed by atoms with Crippen LogP contribution in [0.1, 0.15) is 24.2 Å². The highest BCUT2D eigenvalue weighted by atomic mass is 79.9. The quantitative estimate of drug-likeness (QED) is 0.853. The van der Waals surface area contributed by atoms with Crippen molar-refractivity contribution in [2.24, 2.45) is 5.73 Å². The summed E-state index contributed by atoms with van der Waals surface area (Å²) < 4.78 is 12.4. The van der Waals surface area contributed by atoms with E-state index in [2.05, 4.69) is 15.9 Å². The van der Waals surface area contributed by atoms with E-state index in [9.17, 15) is 0 Å². The van der Waals surface area contributed by atoms with Gasteiger partial charge in [0.1, 0.15) is 6.10 Å². The molecule has 0 fully saturated rings. The fourth-order valence-corrected chi connectivity index (χ4v) is 2.75. The zero-order valence-corrected chi connectivity index (χ0v) is 13.9. The van der Waals surface area contributed by atoms with Gasteiger partial charge in [-0.05, 0) is 59.1 Å². The Morgan fingerprint density at radius 3 is 2.52 bits per heavy atom. The van der Waals surface area contributed by atoms with Gasteiger partial charge in [0.05, 0.1) is 11.6 Å². The summed E-state index contributed by atoms with van der Waals surface area (Å²) in [7, 11) is 1.65. The van der Waals surface area contributed by atoms with Crippen molar-refractivity contribution in [3.63, 3.8) is 0 Å². The molecule has 0 saturated carbocycles. The Morgan fingerprint density at radius 1 is 1.19 bits per heavy atom. The van der Waals surface area contributed by atoms with E-state index in [1.165, 1.54) is 0 Å². The second-order valence-electron chi connectivity index (χ2n) is 4.82. The third kappa shape index (κ3) is 3.99. The van der Waals surface area contributed by atoms with Gasteiger partial charge in [-0.1, -0.05) is 30.3 Å². The maximum atomic E-state index is 6.08. The molecular weight excluding hydrogens is 330 g/mol. The van der Waals surface area contributed by atoms with Crippen LogP contribution in [-0.2, 0) is 6.42 Å². The Labute approximate surface area is 134 Å². The molecule has 0 aliphatic heterocycles. The summed E-state index contributed by atoms with van der Waals surface area (Å²) in [6.07, 6.45) is 0.750. The zero-order chi connectivity index (χ0) is 15.2. The lowest BCUT2D eigenvalue weighted by molar-refractivity contribution is 0.214. The molecule has 0 saturated heterocycles. The van der Waals surface area contributed by atoms with Gasteiger partial charge < -0.3 is 15.2 Å². The molecule has 4 heteroatoms. The van der Waals surface area contributed by atoms with Gasteiger partial charge in [-0.25, -0.2) is 0 Å². The van der Waals surface area contributed by atoms with Gasteiger partial charge in [0, 0.05) is 0 Å². The van der Waals surface area contributed by atoms with Crippen molar-refractivity contribution in [3.8, 4) is 11.5 Å². The number of hydrogen-bond acceptors (Lipinski definition) is 3. The van der Waals surface area contributed by atoms with E-state index in [1.807, 2.05) is 49.4 Å². The van der Waals surface area contributed by atoms with Crippen LogP contribution in [-0.4, -0.2) is 13.7 Å². The lowest BCUT2D eigenvalue weighted by Gasteiger charge is -2.19. The highest BCUT2D eigenvalue weighted by Gasteiger charge is 2.15. The summed E-state index contributed by atoms with van der Waals surface area (Å²) in [6.45, 7) is 2.63. The van der Waals surface area contributed by atoms with Crippen LogP contribution in [0.4, 0.5) is 0 Å². The zero-order valence-electron chi connectivity index (χ0n) is 12.3. The molecule has 2 rings (SSSR count). The Kier molecular flexibility index (Phi) is 5.65. The highest BCUT2D eigenvalue weighted by molar-refractivity contribution is 9.10. The fourth-order valence-electron chi connectivity index (χ4n) is 2.17. The highest BCUT2D eigenvalue weighted by Crippen LogP contribution is 2.39. The average molecular weight is 350 g/mol. The molecule has 0 spiro atoms. The Balaban J connectivity index is 2.27. The van der Waals surface area contributed by atoms with Crippen LogP contribution < -0.4 is 15.2 Å². The van der Waals surface area contributed by atoms with Crippen LogP contribution in [0, 0.1) is 0 Å². The van der Waals surface area contributed by atoms with E-state index in [1.54, 1.807) is 7.11 Å². The average Bonchev–Trinajstić information content (AvgIpc) is 2.50. The van der Waals surface area contributed by atoms with Crippen LogP contribution >= 0.6 is 15.9 Å². The van der Waals surface area contributed by atoms with Gasteiger partial charge in [-0.2, -0.15) is 0 Å². The number of benzene rings is 2. The van der Waals surface area contributed by atoms with Crippen molar-refractivity contribution >= 4 is 15.9 Å². The number of rotatable bonds is 6. The first-order valence-electron chi connectivity index (χ1n) is 6.93. The minimum Gasteiger partial charge on any atom is -0.493 e. The van der Waals surface area contributed by atoms with E-state index in [4.69, 9.17) is 15.2 Å². The Bertz CT molecular complexity index is 587. The van der Waals surface area contributed by atoms with Crippen molar-refractivity contribution in [2.75, 3.05) is 13.7 Å². The number of halogens is 1. The maximum absolute atomic E-state index is 6.08. The molecule has 0 bridgehead atoms. The smallest absolute Gasteiger partial charge is 0.176 e. The third-order valence-corrected chi connectivity index (χ3v) is 3.87. The first kappa shape index (κ1) is 15.9. The lowest BCUT2D eigenvalue weighted by atomic mass is 10.1. The summed E-state index contributed by atoms with van der Waals surface area (Å²) in [5.74, 6) is 1.44. The van der Waals surface area contributed by atoms with E-state index in [-0.39, 0.29) is 6.10 Å². The topological polar surface area (TPSA) is 44.5 Å². The van der Waals surface area contributed by atoms with E-state index in [0.29, 0.717) is 6.54 Å². The first-order chi connectivity index (χ1) is 10.2. The summed E-state index contributed by atoms with van der Waals surface area (Å²) in [5.41, 5.74) is 7.86. The number of ether oxygens (including phenoxy) is 2. The monoisotopic (exact) mass is 349 g/mol. The molecule has 1 unspecified atom stereocenters. The molecule has 2 aromatic rings. The molecular formula is C17H20BrNO2. The fraction of sp³-hybridized carbons (Fsp3) is 0.294. The molecule has 0 heterocycles. The second kappa shape index (κ2) is 7.48. The molecule has 0 aromatic heterocycles. The summed E-state index contributed by atoms with van der Waals surface area (Å²) in [5, 5.41) is 0. The molecule has 21 heavy (non-hydrogen) atoms. The van der Waals surface area contributed by atoms with Crippen molar-refractivity contribution in [3.05, 3.63) is 58.1 Å². The molecule has 0 aliphatic carbocycles. The summed E-state index contributed by atoms with van der Waals surface area (Å²) in [4.78, 5) is 0. The standard InChI is InChI=1S/C17H20BrNO2/c1-12(14-6-4-3-5-7-14)21-17-15(18)10-13(8-9-19)11-16(17)20-2/h3-7,10-12H,8-9,19H2,1-2H3. The van der Waals surface area contributed by atoms with Crippen LogP contribution in [0.5, 0.6) is 11.5 Å². The molecule has 3 nitrogen and oxygen atoms in total. The Hall–Kier alpha value is -1.52. The third-order valence-electron chi connectivity index (χ3n) is 3.29. The van der Waals surface area contributed by atoms with Gasteiger partial charge in [-0.3, -0.25) is 0 Å². The molecule has 112 valence electrons. The number of nitrogens with two attached hydrogens (primary N) is 1. The van der Waals surface area contributed by atoms with Crippen LogP contribution in [0.15, 0.2) is 46.9 Å². The van der Waals surface area contributed by atoms with E-state index >= 15 is 0 Å². The molecule has 1 atom stereocenters. The predicted octanol–water partition coefficient (Wildman–Crippen LogP) is 4.10. The summed E-state index contributed by atoms with van der Waals surface area (Å²) >= 11 is 3.56. The summed E-state index contributed by atoms with van der Waals surface area (Å²) in [6, 6.07) is 14.1. The number of hydrogen-bond donors (Lipinski definition) is 1. The molecule has 0 amide bonds. The molecule has 2 aromatic carbocycles. The Morgan fingerprint density at radius 2 is 1.90 bits per heavy atom. The van der Waals surface area contributed by atoms with Gasteiger partial charge in [-0.15, -0.1) is 0 Å². The first-order valence-corrected chi connectivity index (χ1v) is 7.73. The van der Waals surface area contributed by atoms with Crippen LogP contribution in [0.25, 0.3) is 0 Å². The van der Waals surface area contributed by atoms with Crippen molar-refractivity contribution in [2.45, 2.75) is 19.4 Å². The normalized spacial score (nSPS) is 12.0. The van der Waals surface area contributed by atoms with Crippen LogP contribution in [0.2, 0.25) is 0 Å². The van der Waals surface area contributed by atoms with Crippen molar-refractivity contribution < 1.29 is 9.47 Å². The molecule has 2 N–H and O–H groups in total. The largest absolute Gasteiger partial charge is 0.493 e. The van der Waals surface area contributed by atoms with Crippen molar-refractivity contribution in [1.82, 2.24) is 0 Å². The van der Waals surface area contributed by atoms with Crippen LogP contribution in [0.3, 0.4) is 0 Å². The van der Waals surface area contributed by atoms with Gasteiger partial charge in [0.2, 0.25) is 0 Å². The van der Waals surface area contributed by atoms with Crippen molar-refractivity contribution in [1.29, 1.82) is 0 Å². The second-order valence-corrected chi connectivity index (χ2v) is 5.67. The van der Waals surface area contributed by atoms with E-state index < -0.39 is 0 Å². The van der Waals surface area contributed by atoms with Gasteiger partial charge in [0.25, 0.3) is 0 Å². The van der Waals surface area contributed by atoms with Gasteiger partial charge >= 0.3 is 0 Å².